The average Bonchev–Trinajstić information content (AvgIpc) is 2.57. The van der Waals surface area contributed by atoms with Crippen LogP contribution in [0, 0.1) is 0 Å². The molecule has 0 aromatic rings. The zero-order chi connectivity index (χ0) is 9.15. The third-order valence-electron chi connectivity index (χ3n) is 3.81. The predicted molar refractivity (Wildman–Crippen MR) is 64.7 cm³/mol. The van der Waals surface area contributed by atoms with Gasteiger partial charge in [-0.1, -0.05) is 37.5 Å². The van der Waals surface area contributed by atoms with Crippen molar-refractivity contribution in [2.75, 3.05) is 12.3 Å². The van der Waals surface area contributed by atoms with Crippen LogP contribution in [-0.2, 0) is 11.8 Å². The fraction of sp³-hybridized carbons (Fsp3) is 1.00. The van der Waals surface area contributed by atoms with Crippen LogP contribution in [0.5, 0.6) is 0 Å². The zero-order valence-corrected chi connectivity index (χ0v) is 10.2. The third-order valence-corrected chi connectivity index (χ3v) is 9.80. The van der Waals surface area contributed by atoms with E-state index in [-0.39, 0.29) is 0 Å². The molecule has 0 N–H and O–H groups in total. The Balaban J connectivity index is 2.03. The lowest BCUT2D eigenvalue weighted by atomic mass is 10.2. The van der Waals surface area contributed by atoms with Crippen molar-refractivity contribution < 1.29 is 0 Å². The summed E-state index contributed by atoms with van der Waals surface area (Å²) in [6, 6.07) is -0.871. The lowest BCUT2D eigenvalue weighted by Crippen LogP contribution is -2.07. The van der Waals surface area contributed by atoms with Crippen LogP contribution in [0.2, 0.25) is 0 Å². The Morgan fingerprint density at radius 2 is 1.31 bits per heavy atom. The quantitative estimate of drug-likeness (QED) is 0.597. The van der Waals surface area contributed by atoms with E-state index in [9.17, 15) is 0 Å². The van der Waals surface area contributed by atoms with E-state index >= 15 is 0 Å². The molecule has 2 aliphatic rings. The van der Waals surface area contributed by atoms with Crippen molar-refractivity contribution in [1.82, 2.24) is 0 Å². The van der Waals surface area contributed by atoms with E-state index in [2.05, 4.69) is 0 Å². The van der Waals surface area contributed by atoms with Crippen molar-refractivity contribution in [3.63, 3.8) is 0 Å². The molecule has 2 heteroatoms. The first-order valence-electron chi connectivity index (χ1n) is 5.89. The fourth-order valence-electron chi connectivity index (χ4n) is 2.96. The zero-order valence-electron chi connectivity index (χ0n) is 8.50. The van der Waals surface area contributed by atoms with Gasteiger partial charge in [-0.05, 0) is 49.7 Å². The van der Waals surface area contributed by atoms with Crippen molar-refractivity contribution in [2.45, 2.75) is 57.0 Å². The molecule has 1 aliphatic carbocycles. The highest BCUT2D eigenvalue weighted by Gasteiger charge is 2.30. The van der Waals surface area contributed by atoms with Crippen LogP contribution >= 0.6 is 6.04 Å². The summed E-state index contributed by atoms with van der Waals surface area (Å²) in [5.41, 5.74) is 1.01. The topological polar surface area (TPSA) is 0 Å². The van der Waals surface area contributed by atoms with Gasteiger partial charge in [-0.15, -0.1) is 0 Å². The molecule has 0 nitrogen and oxygen atoms in total. The van der Waals surface area contributed by atoms with Gasteiger partial charge in [0.05, 0.1) is 0 Å². The van der Waals surface area contributed by atoms with Gasteiger partial charge in [0.15, 0.2) is 0 Å². The van der Waals surface area contributed by atoms with Gasteiger partial charge < -0.3 is 0 Å². The molecule has 0 aromatic heterocycles. The highest BCUT2D eigenvalue weighted by atomic mass is 32.4. The Kier molecular flexibility index (Phi) is 3.48. The minimum atomic E-state index is -0.871. The van der Waals surface area contributed by atoms with Crippen molar-refractivity contribution in [3.05, 3.63) is 0 Å². The molecule has 0 atom stereocenters. The maximum Gasteiger partial charge on any atom is -0.0118 e. The minimum Gasteiger partial charge on any atom is -0.0972 e. The average molecular weight is 216 g/mol. The number of hydrogen-bond donors (Lipinski definition) is 0. The molecule has 1 saturated carbocycles. The second-order valence-corrected chi connectivity index (χ2v) is 10.5. The molecule has 0 unspecified atom stereocenters. The Morgan fingerprint density at radius 3 is 1.85 bits per heavy atom. The molecule has 1 saturated heterocycles. The van der Waals surface area contributed by atoms with E-state index in [4.69, 9.17) is 11.8 Å². The minimum absolute atomic E-state index is 0.871. The van der Waals surface area contributed by atoms with Gasteiger partial charge in [0.1, 0.15) is 0 Å². The lowest BCUT2D eigenvalue weighted by Gasteiger charge is -2.26. The molecule has 13 heavy (non-hydrogen) atoms. The maximum absolute atomic E-state index is 6.01. The Labute approximate surface area is 87.5 Å². The van der Waals surface area contributed by atoms with E-state index in [1.807, 2.05) is 0 Å². The Hall–Kier alpha value is 0.650. The van der Waals surface area contributed by atoms with Gasteiger partial charge >= 0.3 is 0 Å². The van der Waals surface area contributed by atoms with Crippen LogP contribution < -0.4 is 0 Å². The molecule has 0 aromatic carbocycles. The van der Waals surface area contributed by atoms with Crippen LogP contribution in [-0.4, -0.2) is 18.0 Å². The molecule has 2 fully saturated rings. The van der Waals surface area contributed by atoms with E-state index in [1.165, 1.54) is 63.7 Å². The molecule has 0 radical (unpaired) electrons. The van der Waals surface area contributed by atoms with Crippen LogP contribution in [0.25, 0.3) is 0 Å². The summed E-state index contributed by atoms with van der Waals surface area (Å²) >= 11 is 6.01. The Bertz CT molecular complexity index is 194. The van der Waals surface area contributed by atoms with Crippen molar-refractivity contribution in [1.29, 1.82) is 0 Å². The molecule has 0 amide bonds. The fourth-order valence-corrected chi connectivity index (χ4v) is 8.15. The first-order valence-corrected chi connectivity index (χ1v) is 9.13. The van der Waals surface area contributed by atoms with E-state index in [0.717, 1.165) is 5.66 Å². The maximum atomic E-state index is 6.01. The van der Waals surface area contributed by atoms with Gasteiger partial charge in [0.25, 0.3) is 0 Å². The van der Waals surface area contributed by atoms with E-state index in [1.54, 1.807) is 0 Å². The number of hydrogen-bond acceptors (Lipinski definition) is 1. The molecule has 1 aliphatic heterocycles. The first kappa shape index (κ1) is 10.2. The van der Waals surface area contributed by atoms with Crippen LogP contribution in [0.3, 0.4) is 0 Å². The molecule has 2 rings (SSSR count). The molecule has 76 valence electrons. The standard InChI is InChI=1S/C11H21PS/c13-12(11-7-3-4-8-11)9-5-1-2-6-10-12/h11H,1-10H2. The second kappa shape index (κ2) is 4.45. The summed E-state index contributed by atoms with van der Waals surface area (Å²) in [6.45, 7) is 0. The summed E-state index contributed by atoms with van der Waals surface area (Å²) in [6.07, 6.45) is 14.7. The van der Waals surface area contributed by atoms with E-state index < -0.39 is 6.04 Å². The molecular formula is C11H21PS. The number of rotatable bonds is 1. The summed E-state index contributed by atoms with van der Waals surface area (Å²) in [5, 5.41) is 0. The summed E-state index contributed by atoms with van der Waals surface area (Å²) in [7, 11) is 0. The smallest absolute Gasteiger partial charge is 0.0118 e. The molecule has 1 heterocycles. The van der Waals surface area contributed by atoms with Crippen molar-refractivity contribution >= 4 is 17.8 Å². The Morgan fingerprint density at radius 1 is 0.769 bits per heavy atom. The van der Waals surface area contributed by atoms with Gasteiger partial charge in [-0.25, -0.2) is 0 Å². The van der Waals surface area contributed by atoms with Gasteiger partial charge in [0, 0.05) is 0 Å². The predicted octanol–water partition coefficient (Wildman–Crippen LogP) is 3.98. The highest BCUT2D eigenvalue weighted by Crippen LogP contribution is 2.58. The summed E-state index contributed by atoms with van der Waals surface area (Å²) < 4.78 is 0. The monoisotopic (exact) mass is 216 g/mol. The molecular weight excluding hydrogens is 195 g/mol. The highest BCUT2D eigenvalue weighted by molar-refractivity contribution is 8.15. The second-order valence-electron chi connectivity index (χ2n) is 4.75. The van der Waals surface area contributed by atoms with Gasteiger partial charge in [-0.3, -0.25) is 0 Å². The lowest BCUT2D eigenvalue weighted by molar-refractivity contribution is 0.726. The SMILES string of the molecule is S=P1(C2CCCC2)CCCCCC1. The third kappa shape index (κ3) is 2.36. The van der Waals surface area contributed by atoms with Crippen LogP contribution in [0.15, 0.2) is 0 Å². The van der Waals surface area contributed by atoms with Gasteiger partial charge in [0.2, 0.25) is 0 Å². The van der Waals surface area contributed by atoms with Crippen molar-refractivity contribution in [2.24, 2.45) is 0 Å². The van der Waals surface area contributed by atoms with Crippen LogP contribution in [0.1, 0.15) is 51.4 Å². The van der Waals surface area contributed by atoms with E-state index in [0.29, 0.717) is 0 Å². The normalized spacial score (nSPS) is 30.2. The summed E-state index contributed by atoms with van der Waals surface area (Å²) in [4.78, 5) is 0. The van der Waals surface area contributed by atoms with Crippen LogP contribution in [0.4, 0.5) is 0 Å². The van der Waals surface area contributed by atoms with Crippen molar-refractivity contribution in [3.8, 4) is 0 Å². The largest absolute Gasteiger partial charge is 0.0972 e. The molecule has 0 spiro atoms. The molecule has 0 bridgehead atoms. The van der Waals surface area contributed by atoms with Gasteiger partial charge in [-0.2, -0.15) is 0 Å². The first-order chi connectivity index (χ1) is 6.31. The summed E-state index contributed by atoms with van der Waals surface area (Å²) in [5.74, 6) is 0.